The lowest BCUT2D eigenvalue weighted by molar-refractivity contribution is 0.442. The molecule has 1 rings (SSSR count). The predicted molar refractivity (Wildman–Crippen MR) is 49.9 cm³/mol. The van der Waals surface area contributed by atoms with Crippen LogP contribution in [0.25, 0.3) is 0 Å². The summed E-state index contributed by atoms with van der Waals surface area (Å²) in [5.74, 6) is 0. The SMILES string of the molecule is C=CC(F)Nc1ccccc1C#N. The van der Waals surface area contributed by atoms with Gasteiger partial charge in [-0.3, -0.25) is 0 Å². The van der Waals surface area contributed by atoms with Crippen molar-refractivity contribution in [1.29, 1.82) is 5.26 Å². The van der Waals surface area contributed by atoms with Crippen molar-refractivity contribution in [1.82, 2.24) is 0 Å². The van der Waals surface area contributed by atoms with Crippen LogP contribution in [-0.4, -0.2) is 6.30 Å². The monoisotopic (exact) mass is 176 g/mol. The maximum absolute atomic E-state index is 12.8. The van der Waals surface area contributed by atoms with E-state index in [9.17, 15) is 4.39 Å². The van der Waals surface area contributed by atoms with Crippen molar-refractivity contribution >= 4 is 5.69 Å². The third-order valence-electron chi connectivity index (χ3n) is 1.55. The van der Waals surface area contributed by atoms with Gasteiger partial charge in [-0.05, 0) is 18.2 Å². The summed E-state index contributed by atoms with van der Waals surface area (Å²) in [6.45, 7) is 3.29. The number of hydrogen-bond acceptors (Lipinski definition) is 2. The van der Waals surface area contributed by atoms with Gasteiger partial charge < -0.3 is 5.32 Å². The summed E-state index contributed by atoms with van der Waals surface area (Å²) in [6.07, 6.45) is -0.191. The van der Waals surface area contributed by atoms with Crippen molar-refractivity contribution in [3.05, 3.63) is 42.5 Å². The Morgan fingerprint density at radius 2 is 2.23 bits per heavy atom. The van der Waals surface area contributed by atoms with E-state index in [4.69, 9.17) is 5.26 Å². The van der Waals surface area contributed by atoms with Gasteiger partial charge in [0.15, 0.2) is 6.30 Å². The fourth-order valence-electron chi connectivity index (χ4n) is 0.914. The zero-order valence-corrected chi connectivity index (χ0v) is 7.00. The molecular formula is C10H9FN2. The lowest BCUT2D eigenvalue weighted by atomic mass is 10.2. The van der Waals surface area contributed by atoms with Gasteiger partial charge in [-0.15, -0.1) is 0 Å². The molecule has 0 fully saturated rings. The molecule has 1 atom stereocenters. The van der Waals surface area contributed by atoms with Crippen LogP contribution in [0, 0.1) is 11.3 Å². The smallest absolute Gasteiger partial charge is 0.188 e. The van der Waals surface area contributed by atoms with E-state index in [1.54, 1.807) is 24.3 Å². The number of para-hydroxylation sites is 1. The Hall–Kier alpha value is -1.82. The number of hydrogen-bond donors (Lipinski definition) is 1. The minimum absolute atomic E-state index is 0.423. The van der Waals surface area contributed by atoms with Gasteiger partial charge in [0.1, 0.15) is 6.07 Å². The van der Waals surface area contributed by atoms with E-state index in [1.807, 2.05) is 6.07 Å². The number of rotatable bonds is 3. The first-order valence-corrected chi connectivity index (χ1v) is 3.80. The molecule has 66 valence electrons. The molecule has 2 nitrogen and oxygen atoms in total. The molecule has 13 heavy (non-hydrogen) atoms. The lowest BCUT2D eigenvalue weighted by Crippen LogP contribution is -2.10. The number of nitriles is 1. The Kier molecular flexibility index (Phi) is 3.04. The molecule has 1 aromatic rings. The second-order valence-corrected chi connectivity index (χ2v) is 2.44. The van der Waals surface area contributed by atoms with Gasteiger partial charge in [-0.1, -0.05) is 18.7 Å². The van der Waals surface area contributed by atoms with Crippen molar-refractivity contribution in [2.24, 2.45) is 0 Å². The first-order valence-electron chi connectivity index (χ1n) is 3.80. The number of anilines is 1. The third kappa shape index (κ3) is 2.31. The van der Waals surface area contributed by atoms with Crippen molar-refractivity contribution in [3.8, 4) is 6.07 Å². The highest BCUT2D eigenvalue weighted by Crippen LogP contribution is 2.14. The Morgan fingerprint density at radius 1 is 1.54 bits per heavy atom. The highest BCUT2D eigenvalue weighted by molar-refractivity contribution is 5.57. The topological polar surface area (TPSA) is 35.8 Å². The molecule has 1 unspecified atom stereocenters. The summed E-state index contributed by atoms with van der Waals surface area (Å²) in [7, 11) is 0. The molecule has 0 saturated heterocycles. The Morgan fingerprint density at radius 3 is 2.85 bits per heavy atom. The van der Waals surface area contributed by atoms with Gasteiger partial charge in [0.2, 0.25) is 0 Å². The molecule has 0 saturated carbocycles. The number of nitrogens with one attached hydrogen (secondary N) is 1. The minimum atomic E-state index is -1.32. The average molecular weight is 176 g/mol. The summed E-state index contributed by atoms with van der Waals surface area (Å²) in [4.78, 5) is 0. The van der Waals surface area contributed by atoms with Crippen LogP contribution in [0.15, 0.2) is 36.9 Å². The van der Waals surface area contributed by atoms with E-state index in [1.165, 1.54) is 0 Å². The fraction of sp³-hybridized carbons (Fsp3) is 0.100. The van der Waals surface area contributed by atoms with Gasteiger partial charge in [0, 0.05) is 0 Å². The molecular weight excluding hydrogens is 167 g/mol. The standard InChI is InChI=1S/C10H9FN2/c1-2-10(11)13-9-6-4-3-5-8(9)7-12/h2-6,10,13H,1H2. The van der Waals surface area contributed by atoms with Crippen LogP contribution in [0.1, 0.15) is 5.56 Å². The molecule has 0 heterocycles. The molecule has 1 N–H and O–H groups in total. The fourth-order valence-corrected chi connectivity index (χ4v) is 0.914. The number of alkyl halides is 1. The summed E-state index contributed by atoms with van der Waals surface area (Å²) < 4.78 is 12.8. The van der Waals surface area contributed by atoms with Gasteiger partial charge in [0.25, 0.3) is 0 Å². The highest BCUT2D eigenvalue weighted by Gasteiger charge is 2.03. The Balaban J connectivity index is 2.88. The molecule has 0 amide bonds. The summed E-state index contributed by atoms with van der Waals surface area (Å²) >= 11 is 0. The first kappa shape index (κ1) is 9.27. The molecule has 0 aliphatic heterocycles. The van der Waals surface area contributed by atoms with Crippen LogP contribution in [0.3, 0.4) is 0 Å². The van der Waals surface area contributed by atoms with Crippen LogP contribution in [0.4, 0.5) is 10.1 Å². The Bertz CT molecular complexity index is 341. The molecule has 0 radical (unpaired) electrons. The first-order chi connectivity index (χ1) is 6.27. The molecule has 0 aliphatic rings. The third-order valence-corrected chi connectivity index (χ3v) is 1.55. The highest BCUT2D eigenvalue weighted by atomic mass is 19.1. The Labute approximate surface area is 76.3 Å². The molecule has 3 heteroatoms. The zero-order valence-electron chi connectivity index (χ0n) is 7.00. The number of benzene rings is 1. The normalized spacial score (nSPS) is 11.4. The van der Waals surface area contributed by atoms with E-state index in [0.29, 0.717) is 11.3 Å². The minimum Gasteiger partial charge on any atom is -0.352 e. The van der Waals surface area contributed by atoms with E-state index in [2.05, 4.69) is 11.9 Å². The van der Waals surface area contributed by atoms with Crippen molar-refractivity contribution in [2.75, 3.05) is 5.32 Å². The molecule has 1 aromatic carbocycles. The van der Waals surface area contributed by atoms with Crippen molar-refractivity contribution in [2.45, 2.75) is 6.30 Å². The number of nitrogens with zero attached hydrogens (tertiary/aromatic N) is 1. The largest absolute Gasteiger partial charge is 0.352 e. The van der Waals surface area contributed by atoms with E-state index >= 15 is 0 Å². The van der Waals surface area contributed by atoms with Gasteiger partial charge in [0.05, 0.1) is 11.3 Å². The van der Waals surface area contributed by atoms with Crippen LogP contribution < -0.4 is 5.32 Å². The summed E-state index contributed by atoms with van der Waals surface area (Å²) in [5.41, 5.74) is 0.907. The molecule has 0 bridgehead atoms. The van der Waals surface area contributed by atoms with E-state index in [-0.39, 0.29) is 0 Å². The predicted octanol–water partition coefficient (Wildman–Crippen LogP) is 2.45. The van der Waals surface area contributed by atoms with Crippen LogP contribution in [-0.2, 0) is 0 Å². The molecule has 0 aromatic heterocycles. The lowest BCUT2D eigenvalue weighted by Gasteiger charge is -2.08. The van der Waals surface area contributed by atoms with Crippen LogP contribution in [0.2, 0.25) is 0 Å². The average Bonchev–Trinajstić information content (AvgIpc) is 2.18. The zero-order chi connectivity index (χ0) is 9.68. The second kappa shape index (κ2) is 4.27. The van der Waals surface area contributed by atoms with E-state index < -0.39 is 6.30 Å². The summed E-state index contributed by atoms with van der Waals surface area (Å²) in [5, 5.41) is 11.2. The van der Waals surface area contributed by atoms with Crippen molar-refractivity contribution < 1.29 is 4.39 Å². The molecule has 0 spiro atoms. The molecule has 0 aliphatic carbocycles. The van der Waals surface area contributed by atoms with Gasteiger partial charge >= 0.3 is 0 Å². The van der Waals surface area contributed by atoms with Gasteiger partial charge in [-0.25, -0.2) is 4.39 Å². The number of halogens is 1. The van der Waals surface area contributed by atoms with Crippen LogP contribution >= 0.6 is 0 Å². The van der Waals surface area contributed by atoms with E-state index in [0.717, 1.165) is 6.08 Å². The maximum atomic E-state index is 12.8. The second-order valence-electron chi connectivity index (χ2n) is 2.44. The summed E-state index contributed by atoms with van der Waals surface area (Å²) in [6, 6.07) is 8.69. The van der Waals surface area contributed by atoms with Gasteiger partial charge in [-0.2, -0.15) is 5.26 Å². The van der Waals surface area contributed by atoms with Crippen molar-refractivity contribution in [3.63, 3.8) is 0 Å². The maximum Gasteiger partial charge on any atom is 0.188 e. The van der Waals surface area contributed by atoms with Crippen LogP contribution in [0.5, 0.6) is 0 Å². The quantitative estimate of drug-likeness (QED) is 0.567.